The molecule has 0 aromatic carbocycles. The van der Waals surface area contributed by atoms with Gasteiger partial charge in [-0.1, -0.05) is 11.6 Å². The maximum absolute atomic E-state index is 11.0. The van der Waals surface area contributed by atoms with Crippen LogP contribution in [0.4, 0.5) is 0 Å². The first-order valence-electron chi connectivity index (χ1n) is 3.07. The maximum atomic E-state index is 11.0. The third-order valence-electron chi connectivity index (χ3n) is 1.22. The molecular weight excluding hydrogens is 164 g/mol. The van der Waals surface area contributed by atoms with Crippen molar-refractivity contribution in [2.45, 2.75) is 0 Å². The minimum absolute atomic E-state index is 0.158. The van der Waals surface area contributed by atoms with Gasteiger partial charge in [0.15, 0.2) is 0 Å². The number of pyridine rings is 1. The Hall–Kier alpha value is -1.09. The molecule has 0 unspecified atom stereocenters. The molecule has 1 heterocycles. The fraction of sp³-hybridized carbons (Fsp3) is 0.143. The number of aromatic nitrogens is 1. The monoisotopic (exact) mass is 170 g/mol. The average molecular weight is 171 g/mol. The van der Waals surface area contributed by atoms with Gasteiger partial charge in [-0.05, 0) is 12.1 Å². The van der Waals surface area contributed by atoms with E-state index in [1.165, 1.54) is 12.3 Å². The van der Waals surface area contributed by atoms with Crippen molar-refractivity contribution in [3.8, 4) is 0 Å². The normalized spacial score (nSPS) is 9.27. The number of amides is 1. The summed E-state index contributed by atoms with van der Waals surface area (Å²) in [6, 6.07) is 3.12. The summed E-state index contributed by atoms with van der Waals surface area (Å²) in [6.07, 6.45) is 1.49. The van der Waals surface area contributed by atoms with Crippen molar-refractivity contribution in [2.24, 2.45) is 0 Å². The molecule has 1 N–H and O–H groups in total. The molecule has 1 aromatic heterocycles. The Morgan fingerprint density at radius 3 is 3.00 bits per heavy atom. The van der Waals surface area contributed by atoms with E-state index in [1.807, 2.05) is 0 Å². The van der Waals surface area contributed by atoms with Gasteiger partial charge in [0.1, 0.15) is 5.15 Å². The number of hydrogen-bond donors (Lipinski definition) is 1. The number of rotatable bonds is 1. The van der Waals surface area contributed by atoms with E-state index < -0.39 is 0 Å². The minimum Gasteiger partial charge on any atom is -0.355 e. The van der Waals surface area contributed by atoms with Crippen LogP contribution in [0.3, 0.4) is 0 Å². The third kappa shape index (κ3) is 1.91. The zero-order valence-electron chi connectivity index (χ0n) is 5.97. The van der Waals surface area contributed by atoms with Crippen molar-refractivity contribution in [1.29, 1.82) is 0 Å². The lowest BCUT2D eigenvalue weighted by Crippen LogP contribution is -2.17. The number of halogens is 1. The molecule has 11 heavy (non-hydrogen) atoms. The summed E-state index contributed by atoms with van der Waals surface area (Å²) in [4.78, 5) is 14.7. The molecule has 1 amide bonds. The van der Waals surface area contributed by atoms with E-state index in [0.29, 0.717) is 10.7 Å². The van der Waals surface area contributed by atoms with E-state index >= 15 is 0 Å². The summed E-state index contributed by atoms with van der Waals surface area (Å²) >= 11 is 5.55. The second-order valence-electron chi connectivity index (χ2n) is 1.95. The molecule has 0 aliphatic carbocycles. The fourth-order valence-corrected chi connectivity index (χ4v) is 0.862. The van der Waals surface area contributed by atoms with Crippen LogP contribution in [-0.4, -0.2) is 17.9 Å². The molecule has 0 saturated carbocycles. The van der Waals surface area contributed by atoms with Gasteiger partial charge in [0.05, 0.1) is 0 Å². The van der Waals surface area contributed by atoms with Gasteiger partial charge in [0, 0.05) is 18.8 Å². The van der Waals surface area contributed by atoms with Crippen LogP contribution in [0, 0.1) is 0 Å². The van der Waals surface area contributed by atoms with Crippen LogP contribution in [0.2, 0.25) is 5.15 Å². The highest BCUT2D eigenvalue weighted by molar-refractivity contribution is 6.29. The Balaban J connectivity index is 2.96. The summed E-state index contributed by atoms with van der Waals surface area (Å²) in [5.74, 6) is -0.158. The first kappa shape index (κ1) is 8.01. The Morgan fingerprint density at radius 1 is 1.73 bits per heavy atom. The smallest absolute Gasteiger partial charge is 0.251 e. The van der Waals surface area contributed by atoms with Crippen molar-refractivity contribution in [3.05, 3.63) is 29.0 Å². The summed E-state index contributed by atoms with van der Waals surface area (Å²) < 4.78 is 0. The SMILES string of the molecule is CNC(=O)c1ccnc(Cl)c1. The molecule has 0 bridgehead atoms. The summed E-state index contributed by atoms with van der Waals surface area (Å²) in [5.41, 5.74) is 0.521. The van der Waals surface area contributed by atoms with E-state index in [0.717, 1.165) is 0 Å². The van der Waals surface area contributed by atoms with Gasteiger partial charge in [0.2, 0.25) is 0 Å². The van der Waals surface area contributed by atoms with E-state index in [2.05, 4.69) is 10.3 Å². The highest BCUT2D eigenvalue weighted by Crippen LogP contribution is 2.05. The summed E-state index contributed by atoms with van der Waals surface area (Å²) in [7, 11) is 1.57. The molecular formula is C7H7ClN2O. The van der Waals surface area contributed by atoms with Crippen LogP contribution >= 0.6 is 11.6 Å². The number of nitrogens with zero attached hydrogens (tertiary/aromatic N) is 1. The number of carbonyl (C=O) groups is 1. The van der Waals surface area contributed by atoms with Crippen LogP contribution in [-0.2, 0) is 0 Å². The summed E-state index contributed by atoms with van der Waals surface area (Å²) in [6.45, 7) is 0. The Bertz CT molecular complexity index is 275. The second kappa shape index (κ2) is 3.34. The number of nitrogens with one attached hydrogen (secondary N) is 1. The standard InChI is InChI=1S/C7H7ClN2O/c1-9-7(11)5-2-3-10-6(8)4-5/h2-4H,1H3,(H,9,11). The predicted octanol–water partition coefficient (Wildman–Crippen LogP) is 1.09. The van der Waals surface area contributed by atoms with E-state index in [1.54, 1.807) is 13.1 Å². The number of carbonyl (C=O) groups excluding carboxylic acids is 1. The van der Waals surface area contributed by atoms with Gasteiger partial charge in [-0.15, -0.1) is 0 Å². The van der Waals surface area contributed by atoms with Crippen LogP contribution < -0.4 is 5.32 Å². The van der Waals surface area contributed by atoms with E-state index in [9.17, 15) is 4.79 Å². The van der Waals surface area contributed by atoms with Gasteiger partial charge < -0.3 is 5.32 Å². The van der Waals surface area contributed by atoms with Gasteiger partial charge in [-0.25, -0.2) is 4.98 Å². The Labute approximate surface area is 69.4 Å². The van der Waals surface area contributed by atoms with Crippen molar-refractivity contribution in [2.75, 3.05) is 7.05 Å². The van der Waals surface area contributed by atoms with Crippen molar-refractivity contribution >= 4 is 17.5 Å². The molecule has 0 spiro atoms. The fourth-order valence-electron chi connectivity index (χ4n) is 0.688. The van der Waals surface area contributed by atoms with Gasteiger partial charge in [-0.2, -0.15) is 0 Å². The molecule has 58 valence electrons. The van der Waals surface area contributed by atoms with E-state index in [-0.39, 0.29) is 5.91 Å². The topological polar surface area (TPSA) is 42.0 Å². The van der Waals surface area contributed by atoms with Crippen molar-refractivity contribution in [1.82, 2.24) is 10.3 Å². The largest absolute Gasteiger partial charge is 0.355 e. The first-order valence-corrected chi connectivity index (χ1v) is 3.45. The van der Waals surface area contributed by atoms with Gasteiger partial charge in [-0.3, -0.25) is 4.79 Å². The van der Waals surface area contributed by atoms with E-state index in [4.69, 9.17) is 11.6 Å². The Morgan fingerprint density at radius 2 is 2.45 bits per heavy atom. The first-order chi connectivity index (χ1) is 5.24. The Kier molecular flexibility index (Phi) is 2.44. The zero-order chi connectivity index (χ0) is 8.27. The summed E-state index contributed by atoms with van der Waals surface area (Å²) in [5, 5.41) is 2.81. The van der Waals surface area contributed by atoms with Crippen LogP contribution in [0.1, 0.15) is 10.4 Å². The highest BCUT2D eigenvalue weighted by Gasteiger charge is 2.01. The molecule has 3 nitrogen and oxygen atoms in total. The molecule has 4 heteroatoms. The quantitative estimate of drug-likeness (QED) is 0.642. The minimum atomic E-state index is -0.158. The lowest BCUT2D eigenvalue weighted by atomic mass is 10.2. The maximum Gasteiger partial charge on any atom is 0.251 e. The van der Waals surface area contributed by atoms with Crippen molar-refractivity contribution < 1.29 is 4.79 Å². The number of hydrogen-bond acceptors (Lipinski definition) is 2. The molecule has 1 rings (SSSR count). The van der Waals surface area contributed by atoms with Gasteiger partial charge in [0.25, 0.3) is 5.91 Å². The predicted molar refractivity (Wildman–Crippen MR) is 42.6 cm³/mol. The van der Waals surface area contributed by atoms with Crippen LogP contribution in [0.15, 0.2) is 18.3 Å². The molecule has 1 aromatic rings. The molecule has 0 atom stereocenters. The lowest BCUT2D eigenvalue weighted by Gasteiger charge is -1.97. The average Bonchev–Trinajstić information content (AvgIpc) is 2.03. The highest BCUT2D eigenvalue weighted by atomic mass is 35.5. The molecule has 0 fully saturated rings. The zero-order valence-corrected chi connectivity index (χ0v) is 6.72. The molecule has 0 aliphatic heterocycles. The molecule has 0 saturated heterocycles. The third-order valence-corrected chi connectivity index (χ3v) is 1.42. The van der Waals surface area contributed by atoms with Crippen molar-refractivity contribution in [3.63, 3.8) is 0 Å². The van der Waals surface area contributed by atoms with Crippen LogP contribution in [0.5, 0.6) is 0 Å². The van der Waals surface area contributed by atoms with Crippen LogP contribution in [0.25, 0.3) is 0 Å². The molecule has 0 aliphatic rings. The molecule has 0 radical (unpaired) electrons. The lowest BCUT2D eigenvalue weighted by molar-refractivity contribution is 0.0963. The second-order valence-corrected chi connectivity index (χ2v) is 2.33. The van der Waals surface area contributed by atoms with Gasteiger partial charge >= 0.3 is 0 Å².